The van der Waals surface area contributed by atoms with E-state index in [9.17, 15) is 0 Å². The van der Waals surface area contributed by atoms with Gasteiger partial charge in [0.1, 0.15) is 5.75 Å². The molecule has 3 nitrogen and oxygen atoms in total. The smallest absolute Gasteiger partial charge is 0.124 e. The number of ether oxygens (including phenoxy) is 2. The maximum Gasteiger partial charge on any atom is 0.124 e. The third-order valence-electron chi connectivity index (χ3n) is 3.07. The van der Waals surface area contributed by atoms with Gasteiger partial charge in [-0.2, -0.15) is 0 Å². The van der Waals surface area contributed by atoms with Gasteiger partial charge in [0, 0.05) is 18.7 Å². The molecule has 0 saturated carbocycles. The largest absolute Gasteiger partial charge is 0.496 e. The molecule has 3 heteroatoms. The van der Waals surface area contributed by atoms with E-state index in [0.717, 1.165) is 37.4 Å². The second-order valence-corrected chi connectivity index (χ2v) is 4.69. The third kappa shape index (κ3) is 6.08. The van der Waals surface area contributed by atoms with Crippen LogP contribution < -0.4 is 10.1 Å². The van der Waals surface area contributed by atoms with Crippen molar-refractivity contribution >= 4 is 0 Å². The summed E-state index contributed by atoms with van der Waals surface area (Å²) in [6, 6.07) is 6.29. The second-order valence-electron chi connectivity index (χ2n) is 4.69. The van der Waals surface area contributed by atoms with Crippen molar-refractivity contribution in [2.24, 2.45) is 0 Å². The summed E-state index contributed by atoms with van der Waals surface area (Å²) in [4.78, 5) is 0. The van der Waals surface area contributed by atoms with Crippen molar-refractivity contribution in [1.82, 2.24) is 5.32 Å². The fourth-order valence-corrected chi connectivity index (χ4v) is 1.96. The molecule has 0 radical (unpaired) electrons. The second kappa shape index (κ2) is 9.82. The zero-order valence-electron chi connectivity index (χ0n) is 12.5. The first-order valence-electron chi connectivity index (χ1n) is 7.26. The molecule has 0 unspecified atom stereocenters. The van der Waals surface area contributed by atoms with Crippen LogP contribution in [0.3, 0.4) is 0 Å². The van der Waals surface area contributed by atoms with Crippen LogP contribution >= 0.6 is 0 Å². The molecular weight excluding hydrogens is 238 g/mol. The van der Waals surface area contributed by atoms with Crippen LogP contribution in [0.5, 0.6) is 5.75 Å². The lowest BCUT2D eigenvalue weighted by Crippen LogP contribution is -2.12. The fourth-order valence-electron chi connectivity index (χ4n) is 1.96. The van der Waals surface area contributed by atoms with Gasteiger partial charge in [-0.25, -0.2) is 0 Å². The van der Waals surface area contributed by atoms with E-state index in [4.69, 9.17) is 9.47 Å². The Kier molecular flexibility index (Phi) is 8.26. The first-order chi connectivity index (χ1) is 9.31. The molecule has 0 aliphatic rings. The molecular formula is C16H27NO2. The van der Waals surface area contributed by atoms with Gasteiger partial charge in [-0.1, -0.05) is 32.8 Å². The van der Waals surface area contributed by atoms with Crippen LogP contribution in [0.25, 0.3) is 0 Å². The molecule has 1 aromatic carbocycles. The SMILES string of the molecule is CCCCCOCc1cc(CNCC)ccc1OC. The number of rotatable bonds is 10. The molecule has 0 amide bonds. The van der Waals surface area contributed by atoms with Gasteiger partial charge in [0.2, 0.25) is 0 Å². The average Bonchev–Trinajstić information content (AvgIpc) is 2.45. The van der Waals surface area contributed by atoms with E-state index in [1.807, 2.05) is 6.07 Å². The van der Waals surface area contributed by atoms with Crippen LogP contribution in [0, 0.1) is 0 Å². The summed E-state index contributed by atoms with van der Waals surface area (Å²) >= 11 is 0. The Bertz CT molecular complexity index is 353. The normalized spacial score (nSPS) is 10.7. The van der Waals surface area contributed by atoms with Crippen LogP contribution in [0.15, 0.2) is 18.2 Å². The van der Waals surface area contributed by atoms with E-state index >= 15 is 0 Å². The van der Waals surface area contributed by atoms with Gasteiger partial charge >= 0.3 is 0 Å². The zero-order chi connectivity index (χ0) is 13.9. The van der Waals surface area contributed by atoms with E-state index in [-0.39, 0.29) is 0 Å². The highest BCUT2D eigenvalue weighted by atomic mass is 16.5. The number of nitrogens with one attached hydrogen (secondary N) is 1. The highest BCUT2D eigenvalue weighted by molar-refractivity contribution is 5.36. The highest BCUT2D eigenvalue weighted by Gasteiger charge is 2.04. The fraction of sp³-hybridized carbons (Fsp3) is 0.625. The van der Waals surface area contributed by atoms with E-state index in [2.05, 4.69) is 31.3 Å². The minimum atomic E-state index is 0.632. The van der Waals surface area contributed by atoms with Gasteiger partial charge in [0.15, 0.2) is 0 Å². The predicted octanol–water partition coefficient (Wildman–Crippen LogP) is 3.51. The molecule has 0 saturated heterocycles. The molecule has 1 rings (SSSR count). The topological polar surface area (TPSA) is 30.5 Å². The molecule has 1 N–H and O–H groups in total. The van der Waals surface area contributed by atoms with Gasteiger partial charge < -0.3 is 14.8 Å². The Balaban J connectivity index is 2.52. The minimum Gasteiger partial charge on any atom is -0.496 e. The Morgan fingerprint density at radius 3 is 2.68 bits per heavy atom. The molecule has 19 heavy (non-hydrogen) atoms. The maximum atomic E-state index is 5.72. The average molecular weight is 265 g/mol. The Labute approximate surface area is 117 Å². The van der Waals surface area contributed by atoms with Crippen molar-refractivity contribution in [3.63, 3.8) is 0 Å². The summed E-state index contributed by atoms with van der Waals surface area (Å²) in [6.45, 7) is 7.65. The van der Waals surface area contributed by atoms with Crippen LogP contribution in [-0.2, 0) is 17.9 Å². The van der Waals surface area contributed by atoms with Crippen molar-refractivity contribution in [1.29, 1.82) is 0 Å². The summed E-state index contributed by atoms with van der Waals surface area (Å²) in [6.07, 6.45) is 3.60. The van der Waals surface area contributed by atoms with E-state index in [1.165, 1.54) is 18.4 Å². The van der Waals surface area contributed by atoms with Crippen LogP contribution in [0.4, 0.5) is 0 Å². The molecule has 0 bridgehead atoms. The van der Waals surface area contributed by atoms with Crippen molar-refractivity contribution in [2.75, 3.05) is 20.3 Å². The number of methoxy groups -OCH3 is 1. The third-order valence-corrected chi connectivity index (χ3v) is 3.07. The summed E-state index contributed by atoms with van der Waals surface area (Å²) in [5.41, 5.74) is 2.41. The van der Waals surface area contributed by atoms with Crippen molar-refractivity contribution in [3.05, 3.63) is 29.3 Å². The Morgan fingerprint density at radius 1 is 1.16 bits per heavy atom. The lowest BCUT2D eigenvalue weighted by atomic mass is 10.1. The van der Waals surface area contributed by atoms with E-state index in [0.29, 0.717) is 6.61 Å². The number of benzene rings is 1. The van der Waals surface area contributed by atoms with Gasteiger partial charge in [-0.05, 0) is 30.7 Å². The van der Waals surface area contributed by atoms with Crippen molar-refractivity contribution in [2.45, 2.75) is 46.3 Å². The van der Waals surface area contributed by atoms with Gasteiger partial charge in [0.05, 0.1) is 13.7 Å². The predicted molar refractivity (Wildman–Crippen MR) is 79.6 cm³/mol. The highest BCUT2D eigenvalue weighted by Crippen LogP contribution is 2.21. The summed E-state index contributed by atoms with van der Waals surface area (Å²) < 4.78 is 11.1. The quantitative estimate of drug-likeness (QED) is 0.657. The molecule has 0 aromatic heterocycles. The molecule has 0 aliphatic heterocycles. The first-order valence-corrected chi connectivity index (χ1v) is 7.26. The standard InChI is InChI=1S/C16H27NO2/c1-4-6-7-10-19-13-15-11-14(12-17-5-2)8-9-16(15)18-3/h8-9,11,17H,4-7,10,12-13H2,1-3H3. The number of unbranched alkanes of at least 4 members (excludes halogenated alkanes) is 2. The molecule has 108 valence electrons. The molecule has 0 aliphatic carbocycles. The first kappa shape index (κ1) is 16.0. The van der Waals surface area contributed by atoms with Gasteiger partial charge in [-0.3, -0.25) is 0 Å². The van der Waals surface area contributed by atoms with Crippen LogP contribution in [0.2, 0.25) is 0 Å². The van der Waals surface area contributed by atoms with Crippen molar-refractivity contribution in [3.8, 4) is 5.75 Å². The zero-order valence-corrected chi connectivity index (χ0v) is 12.5. The van der Waals surface area contributed by atoms with Gasteiger partial charge in [0.25, 0.3) is 0 Å². The molecule has 1 aromatic rings. The van der Waals surface area contributed by atoms with Crippen LogP contribution in [0.1, 0.15) is 44.2 Å². The van der Waals surface area contributed by atoms with Crippen molar-refractivity contribution < 1.29 is 9.47 Å². The monoisotopic (exact) mass is 265 g/mol. The Hall–Kier alpha value is -1.06. The number of hydrogen-bond acceptors (Lipinski definition) is 3. The van der Waals surface area contributed by atoms with Gasteiger partial charge in [-0.15, -0.1) is 0 Å². The van der Waals surface area contributed by atoms with E-state index in [1.54, 1.807) is 7.11 Å². The van der Waals surface area contributed by atoms with E-state index < -0.39 is 0 Å². The lowest BCUT2D eigenvalue weighted by molar-refractivity contribution is 0.115. The molecule has 0 atom stereocenters. The summed E-state index contributed by atoms with van der Waals surface area (Å²) in [5, 5.41) is 3.33. The lowest BCUT2D eigenvalue weighted by Gasteiger charge is -2.11. The van der Waals surface area contributed by atoms with Crippen LogP contribution in [-0.4, -0.2) is 20.3 Å². The summed E-state index contributed by atoms with van der Waals surface area (Å²) in [5.74, 6) is 0.913. The number of hydrogen-bond donors (Lipinski definition) is 1. The maximum absolute atomic E-state index is 5.72. The molecule has 0 fully saturated rings. The Morgan fingerprint density at radius 2 is 2.00 bits per heavy atom. The molecule has 0 heterocycles. The minimum absolute atomic E-state index is 0.632. The molecule has 0 spiro atoms. The summed E-state index contributed by atoms with van der Waals surface area (Å²) in [7, 11) is 1.71.